The largest absolute Gasteiger partial charge is 0.329 e. The van der Waals surface area contributed by atoms with Gasteiger partial charge in [0, 0.05) is 25.3 Å². The summed E-state index contributed by atoms with van der Waals surface area (Å²) in [5.74, 6) is 1.62. The molecule has 6 heteroatoms. The molecule has 0 aromatic carbocycles. The molecule has 0 amide bonds. The molecule has 2 N–H and O–H groups in total. The molecule has 0 spiro atoms. The second kappa shape index (κ2) is 5.62. The van der Waals surface area contributed by atoms with Crippen molar-refractivity contribution in [3.05, 3.63) is 5.82 Å². The molecule has 0 saturated carbocycles. The molecule has 0 bridgehead atoms. The van der Waals surface area contributed by atoms with E-state index in [9.17, 15) is 0 Å². The maximum Gasteiger partial charge on any atom is 0.191 e. The monoisotopic (exact) mass is 211 g/mol. The summed E-state index contributed by atoms with van der Waals surface area (Å²) in [6.07, 6.45) is 0.527. The van der Waals surface area contributed by atoms with Gasteiger partial charge in [-0.1, -0.05) is 11.8 Å². The first-order valence-corrected chi connectivity index (χ1v) is 5.37. The van der Waals surface area contributed by atoms with E-state index >= 15 is 0 Å². The quantitative estimate of drug-likeness (QED) is 0.568. The minimum Gasteiger partial charge on any atom is -0.329 e. The van der Waals surface area contributed by atoms with Crippen LogP contribution in [-0.4, -0.2) is 27.1 Å². The summed E-state index contributed by atoms with van der Waals surface area (Å²) in [5, 5.41) is 17.2. The average molecular weight is 211 g/mol. The lowest BCUT2D eigenvalue weighted by Crippen LogP contribution is -2.12. The van der Waals surface area contributed by atoms with Crippen LogP contribution in [0.3, 0.4) is 0 Å². The molecule has 0 aliphatic carbocycles. The smallest absolute Gasteiger partial charge is 0.191 e. The molecule has 14 heavy (non-hydrogen) atoms. The van der Waals surface area contributed by atoms with Gasteiger partial charge in [0.15, 0.2) is 5.16 Å². The molecule has 76 valence electrons. The Kier molecular flexibility index (Phi) is 4.43. The predicted octanol–water partition coefficient (Wildman–Crippen LogP) is 0.551. The number of hydrogen-bond donors (Lipinski definition) is 1. The molecule has 5 nitrogen and oxygen atoms in total. The Hall–Kier alpha value is -1.06. The first-order valence-electron chi connectivity index (χ1n) is 4.39. The number of aromatic nitrogens is 3. The van der Waals surface area contributed by atoms with E-state index in [0.29, 0.717) is 13.0 Å². The maximum absolute atomic E-state index is 8.40. The third kappa shape index (κ3) is 2.72. The first-order chi connectivity index (χ1) is 6.79. The fraction of sp³-hybridized carbons (Fsp3) is 0.625. The molecule has 0 fully saturated rings. The van der Waals surface area contributed by atoms with Crippen LogP contribution >= 0.6 is 11.8 Å². The second-order valence-electron chi connectivity index (χ2n) is 2.73. The van der Waals surface area contributed by atoms with Gasteiger partial charge in [-0.05, 0) is 6.92 Å². The SMILES string of the molecule is Cc1nnc(SCCC#N)n1CCN. The zero-order valence-electron chi connectivity index (χ0n) is 8.10. The highest BCUT2D eigenvalue weighted by atomic mass is 32.2. The molecule has 0 atom stereocenters. The van der Waals surface area contributed by atoms with Gasteiger partial charge in [0.2, 0.25) is 0 Å². The van der Waals surface area contributed by atoms with Gasteiger partial charge in [0.25, 0.3) is 0 Å². The number of aryl methyl sites for hydroxylation is 1. The van der Waals surface area contributed by atoms with E-state index in [2.05, 4.69) is 16.3 Å². The van der Waals surface area contributed by atoms with Crippen LogP contribution in [0.4, 0.5) is 0 Å². The van der Waals surface area contributed by atoms with Gasteiger partial charge in [-0.15, -0.1) is 10.2 Å². The highest BCUT2D eigenvalue weighted by Crippen LogP contribution is 2.16. The number of nitrogens with two attached hydrogens (primary N) is 1. The number of rotatable bonds is 5. The van der Waals surface area contributed by atoms with Crippen LogP contribution in [0.25, 0.3) is 0 Å². The van der Waals surface area contributed by atoms with E-state index < -0.39 is 0 Å². The lowest BCUT2D eigenvalue weighted by molar-refractivity contribution is 0.627. The Balaban J connectivity index is 2.62. The van der Waals surface area contributed by atoms with Crippen molar-refractivity contribution in [1.29, 1.82) is 5.26 Å². The topological polar surface area (TPSA) is 80.5 Å². The molecule has 0 aliphatic heterocycles. The summed E-state index contributed by atoms with van der Waals surface area (Å²) in [6.45, 7) is 3.20. The van der Waals surface area contributed by atoms with E-state index in [1.165, 1.54) is 0 Å². The summed E-state index contributed by atoms with van der Waals surface area (Å²) in [5.41, 5.74) is 5.47. The van der Waals surface area contributed by atoms with Crippen molar-refractivity contribution in [1.82, 2.24) is 14.8 Å². The van der Waals surface area contributed by atoms with E-state index in [4.69, 9.17) is 11.0 Å². The van der Waals surface area contributed by atoms with Gasteiger partial charge in [-0.25, -0.2) is 0 Å². The molecule has 0 unspecified atom stereocenters. The van der Waals surface area contributed by atoms with Crippen molar-refractivity contribution in [2.24, 2.45) is 5.73 Å². The summed E-state index contributed by atoms with van der Waals surface area (Å²) < 4.78 is 1.97. The predicted molar refractivity (Wildman–Crippen MR) is 54.8 cm³/mol. The molecule has 1 aromatic rings. The zero-order chi connectivity index (χ0) is 10.4. The first kappa shape index (κ1) is 11.0. The maximum atomic E-state index is 8.40. The molecular weight excluding hydrogens is 198 g/mol. The zero-order valence-corrected chi connectivity index (χ0v) is 8.92. The third-order valence-corrected chi connectivity index (χ3v) is 2.67. The van der Waals surface area contributed by atoms with Crippen LogP contribution in [0.15, 0.2) is 5.16 Å². The van der Waals surface area contributed by atoms with Crippen LogP contribution in [0, 0.1) is 18.3 Å². The van der Waals surface area contributed by atoms with Gasteiger partial charge < -0.3 is 10.3 Å². The number of nitrogens with zero attached hydrogens (tertiary/aromatic N) is 4. The minimum absolute atomic E-state index is 0.527. The standard InChI is InChI=1S/C8H13N5S/c1-7-11-12-8(13(7)5-4-10)14-6-2-3-9/h2,4-6,10H2,1H3. The van der Waals surface area contributed by atoms with Crippen molar-refractivity contribution < 1.29 is 0 Å². The Bertz CT molecular complexity index is 327. The number of thioether (sulfide) groups is 1. The van der Waals surface area contributed by atoms with E-state index in [-0.39, 0.29) is 0 Å². The van der Waals surface area contributed by atoms with Gasteiger partial charge >= 0.3 is 0 Å². The van der Waals surface area contributed by atoms with Crippen molar-refractivity contribution in [2.75, 3.05) is 12.3 Å². The van der Waals surface area contributed by atoms with E-state index in [1.54, 1.807) is 11.8 Å². The van der Waals surface area contributed by atoms with Crippen LogP contribution in [0.2, 0.25) is 0 Å². The third-order valence-electron chi connectivity index (χ3n) is 1.70. The van der Waals surface area contributed by atoms with Crippen molar-refractivity contribution in [3.8, 4) is 6.07 Å². The number of nitriles is 1. The Morgan fingerprint density at radius 2 is 2.36 bits per heavy atom. The van der Waals surface area contributed by atoms with E-state index in [1.807, 2.05) is 11.5 Å². The van der Waals surface area contributed by atoms with E-state index in [0.717, 1.165) is 23.3 Å². The normalized spacial score (nSPS) is 10.1. The fourth-order valence-electron chi connectivity index (χ4n) is 1.04. The molecule has 1 aromatic heterocycles. The Morgan fingerprint density at radius 3 is 3.00 bits per heavy atom. The van der Waals surface area contributed by atoms with Gasteiger partial charge in [0.1, 0.15) is 5.82 Å². The molecular formula is C8H13N5S. The van der Waals surface area contributed by atoms with Gasteiger partial charge in [-0.2, -0.15) is 5.26 Å². The van der Waals surface area contributed by atoms with Crippen LogP contribution < -0.4 is 5.73 Å². The lowest BCUT2D eigenvalue weighted by atomic mass is 10.6. The van der Waals surface area contributed by atoms with Crippen molar-refractivity contribution in [2.45, 2.75) is 25.0 Å². The van der Waals surface area contributed by atoms with Crippen LogP contribution in [0.5, 0.6) is 0 Å². The van der Waals surface area contributed by atoms with Gasteiger partial charge in [-0.3, -0.25) is 0 Å². The Labute approximate surface area is 87.3 Å². The summed E-state index contributed by atoms with van der Waals surface area (Å²) in [7, 11) is 0. The Morgan fingerprint density at radius 1 is 1.57 bits per heavy atom. The molecule has 0 aliphatic rings. The molecule has 1 rings (SSSR count). The summed E-state index contributed by atoms with van der Waals surface area (Å²) in [6, 6.07) is 2.09. The lowest BCUT2D eigenvalue weighted by Gasteiger charge is -2.04. The average Bonchev–Trinajstić information content (AvgIpc) is 2.51. The minimum atomic E-state index is 0.527. The molecule has 0 saturated heterocycles. The summed E-state index contributed by atoms with van der Waals surface area (Å²) >= 11 is 1.54. The fourth-order valence-corrected chi connectivity index (χ4v) is 1.90. The van der Waals surface area contributed by atoms with Crippen molar-refractivity contribution >= 4 is 11.8 Å². The highest BCUT2D eigenvalue weighted by molar-refractivity contribution is 7.99. The van der Waals surface area contributed by atoms with Gasteiger partial charge in [0.05, 0.1) is 6.07 Å². The second-order valence-corrected chi connectivity index (χ2v) is 3.79. The molecule has 1 heterocycles. The molecule has 0 radical (unpaired) electrons. The number of hydrogen-bond acceptors (Lipinski definition) is 5. The van der Waals surface area contributed by atoms with Crippen LogP contribution in [0.1, 0.15) is 12.2 Å². The highest BCUT2D eigenvalue weighted by Gasteiger charge is 2.07. The summed E-state index contributed by atoms with van der Waals surface area (Å²) in [4.78, 5) is 0. The van der Waals surface area contributed by atoms with Crippen LogP contribution in [-0.2, 0) is 6.54 Å². The van der Waals surface area contributed by atoms with Crippen molar-refractivity contribution in [3.63, 3.8) is 0 Å².